The summed E-state index contributed by atoms with van der Waals surface area (Å²) in [6, 6.07) is 3.90. The number of carbonyl (C=O) groups excluding carboxylic acids is 1. The number of carbonyl (C=O) groups is 1. The van der Waals surface area contributed by atoms with Crippen molar-refractivity contribution in [3.8, 4) is 0 Å². The van der Waals surface area contributed by atoms with Crippen LogP contribution in [0.3, 0.4) is 0 Å². The van der Waals surface area contributed by atoms with Gasteiger partial charge in [-0.15, -0.1) is 0 Å². The molecule has 1 aromatic heterocycles. The number of pyridine rings is 1. The fourth-order valence-corrected chi connectivity index (χ4v) is 1.54. The van der Waals surface area contributed by atoms with Crippen molar-refractivity contribution in [1.29, 1.82) is 0 Å². The van der Waals surface area contributed by atoms with Gasteiger partial charge in [-0.1, -0.05) is 0 Å². The largest absolute Gasteiger partial charge is 0.349 e. The normalized spacial score (nSPS) is 17.9. The van der Waals surface area contributed by atoms with E-state index in [0.29, 0.717) is 0 Å². The van der Waals surface area contributed by atoms with Gasteiger partial charge in [0.1, 0.15) is 0 Å². The Morgan fingerprint density at radius 2 is 2.20 bits per heavy atom. The standard InChI is InChI=1S/C11H15N3O/c1-8(9-2-4-12-5-3-9)14-11(15)10-6-13-7-10/h2-5,8,10,13H,6-7H2,1H3,(H,14,15)/t8-/m0/s1. The summed E-state index contributed by atoms with van der Waals surface area (Å²) in [7, 11) is 0. The summed E-state index contributed by atoms with van der Waals surface area (Å²) in [5, 5.41) is 6.08. The van der Waals surface area contributed by atoms with Crippen LogP contribution in [0.4, 0.5) is 0 Å². The molecule has 0 saturated carbocycles. The van der Waals surface area contributed by atoms with E-state index in [-0.39, 0.29) is 17.9 Å². The molecule has 1 saturated heterocycles. The molecule has 80 valence electrons. The van der Waals surface area contributed by atoms with Crippen molar-refractivity contribution in [3.05, 3.63) is 30.1 Å². The molecule has 4 nitrogen and oxygen atoms in total. The van der Waals surface area contributed by atoms with Gasteiger partial charge >= 0.3 is 0 Å². The van der Waals surface area contributed by atoms with Crippen LogP contribution in [0.1, 0.15) is 18.5 Å². The minimum absolute atomic E-state index is 0.0566. The Morgan fingerprint density at radius 3 is 2.73 bits per heavy atom. The van der Waals surface area contributed by atoms with Gasteiger partial charge in [-0.3, -0.25) is 9.78 Å². The summed E-state index contributed by atoms with van der Waals surface area (Å²) in [5.41, 5.74) is 1.09. The highest BCUT2D eigenvalue weighted by Gasteiger charge is 2.25. The van der Waals surface area contributed by atoms with Gasteiger partial charge in [-0.2, -0.15) is 0 Å². The maximum absolute atomic E-state index is 11.6. The zero-order valence-corrected chi connectivity index (χ0v) is 8.73. The molecule has 0 bridgehead atoms. The highest BCUT2D eigenvalue weighted by Crippen LogP contribution is 2.12. The number of nitrogens with zero attached hydrogens (tertiary/aromatic N) is 1. The van der Waals surface area contributed by atoms with Crippen LogP contribution >= 0.6 is 0 Å². The molecular formula is C11H15N3O. The Balaban J connectivity index is 1.91. The highest BCUT2D eigenvalue weighted by molar-refractivity contribution is 5.80. The summed E-state index contributed by atoms with van der Waals surface area (Å²) in [6.45, 7) is 3.59. The Hall–Kier alpha value is -1.42. The van der Waals surface area contributed by atoms with Crippen LogP contribution in [-0.4, -0.2) is 24.0 Å². The Kier molecular flexibility index (Phi) is 2.97. The summed E-state index contributed by atoms with van der Waals surface area (Å²) < 4.78 is 0. The van der Waals surface area contributed by atoms with Gasteiger partial charge in [0, 0.05) is 25.5 Å². The smallest absolute Gasteiger partial charge is 0.226 e. The van der Waals surface area contributed by atoms with Crippen molar-refractivity contribution < 1.29 is 4.79 Å². The first-order valence-corrected chi connectivity index (χ1v) is 5.18. The van der Waals surface area contributed by atoms with Crippen molar-refractivity contribution >= 4 is 5.91 Å². The average Bonchev–Trinajstić information content (AvgIpc) is 2.16. The zero-order chi connectivity index (χ0) is 10.7. The molecule has 0 spiro atoms. The van der Waals surface area contributed by atoms with E-state index < -0.39 is 0 Å². The van der Waals surface area contributed by atoms with E-state index in [0.717, 1.165) is 18.7 Å². The highest BCUT2D eigenvalue weighted by atomic mass is 16.2. The third-order valence-electron chi connectivity index (χ3n) is 2.72. The molecule has 1 aliphatic rings. The molecule has 0 unspecified atom stereocenters. The fourth-order valence-electron chi connectivity index (χ4n) is 1.54. The molecule has 1 aromatic rings. The van der Waals surface area contributed by atoms with Gasteiger partial charge < -0.3 is 10.6 Å². The Labute approximate surface area is 89.1 Å². The third kappa shape index (κ3) is 2.33. The number of hydrogen-bond donors (Lipinski definition) is 2. The lowest BCUT2D eigenvalue weighted by molar-refractivity contribution is -0.127. The molecule has 1 fully saturated rings. The van der Waals surface area contributed by atoms with Crippen LogP contribution in [0.5, 0.6) is 0 Å². The van der Waals surface area contributed by atoms with E-state index in [9.17, 15) is 4.79 Å². The molecular weight excluding hydrogens is 190 g/mol. The van der Waals surface area contributed by atoms with Crippen molar-refractivity contribution in [2.24, 2.45) is 5.92 Å². The lowest BCUT2D eigenvalue weighted by Gasteiger charge is -2.27. The third-order valence-corrected chi connectivity index (χ3v) is 2.72. The molecule has 0 aromatic carbocycles. The van der Waals surface area contributed by atoms with Crippen LogP contribution in [0.15, 0.2) is 24.5 Å². The maximum Gasteiger partial charge on any atom is 0.226 e. The first-order chi connectivity index (χ1) is 7.27. The molecule has 1 amide bonds. The number of rotatable bonds is 3. The number of aromatic nitrogens is 1. The topological polar surface area (TPSA) is 54.0 Å². The minimum atomic E-state index is 0.0566. The zero-order valence-electron chi connectivity index (χ0n) is 8.73. The van der Waals surface area contributed by atoms with E-state index in [1.165, 1.54) is 0 Å². The molecule has 2 N–H and O–H groups in total. The molecule has 0 radical (unpaired) electrons. The van der Waals surface area contributed by atoms with E-state index in [2.05, 4.69) is 15.6 Å². The molecule has 4 heteroatoms. The van der Waals surface area contributed by atoms with Gasteiger partial charge in [0.25, 0.3) is 0 Å². The predicted molar refractivity (Wildman–Crippen MR) is 57.2 cm³/mol. The van der Waals surface area contributed by atoms with E-state index in [1.807, 2.05) is 19.1 Å². The summed E-state index contributed by atoms with van der Waals surface area (Å²) in [4.78, 5) is 15.6. The Morgan fingerprint density at radius 1 is 1.53 bits per heavy atom. The average molecular weight is 205 g/mol. The van der Waals surface area contributed by atoms with Crippen molar-refractivity contribution in [2.45, 2.75) is 13.0 Å². The van der Waals surface area contributed by atoms with Crippen LogP contribution in [0.25, 0.3) is 0 Å². The second kappa shape index (κ2) is 4.40. The van der Waals surface area contributed by atoms with Gasteiger partial charge in [-0.25, -0.2) is 0 Å². The quantitative estimate of drug-likeness (QED) is 0.754. The molecule has 1 atom stereocenters. The van der Waals surface area contributed by atoms with Gasteiger partial charge in [-0.05, 0) is 24.6 Å². The van der Waals surface area contributed by atoms with E-state index >= 15 is 0 Å². The number of amides is 1. The van der Waals surface area contributed by atoms with Gasteiger partial charge in [0.2, 0.25) is 5.91 Å². The minimum Gasteiger partial charge on any atom is -0.349 e. The van der Waals surface area contributed by atoms with Gasteiger partial charge in [0.15, 0.2) is 0 Å². The second-order valence-electron chi connectivity index (χ2n) is 3.87. The lowest BCUT2D eigenvalue weighted by Crippen LogP contribution is -2.51. The SMILES string of the molecule is C[C@H](NC(=O)C1CNC1)c1ccncc1. The van der Waals surface area contributed by atoms with Crippen LogP contribution in [0, 0.1) is 5.92 Å². The molecule has 2 heterocycles. The van der Waals surface area contributed by atoms with Crippen molar-refractivity contribution in [3.63, 3.8) is 0 Å². The summed E-state index contributed by atoms with van der Waals surface area (Å²) >= 11 is 0. The van der Waals surface area contributed by atoms with Crippen molar-refractivity contribution in [1.82, 2.24) is 15.6 Å². The van der Waals surface area contributed by atoms with Gasteiger partial charge in [0.05, 0.1) is 12.0 Å². The van der Waals surface area contributed by atoms with Crippen LogP contribution < -0.4 is 10.6 Å². The summed E-state index contributed by atoms with van der Waals surface area (Å²) in [5.74, 6) is 0.285. The molecule has 2 rings (SSSR count). The van der Waals surface area contributed by atoms with Crippen molar-refractivity contribution in [2.75, 3.05) is 13.1 Å². The second-order valence-corrected chi connectivity index (χ2v) is 3.87. The van der Waals surface area contributed by atoms with E-state index in [4.69, 9.17) is 0 Å². The molecule has 0 aliphatic carbocycles. The van der Waals surface area contributed by atoms with E-state index in [1.54, 1.807) is 12.4 Å². The molecule has 1 aliphatic heterocycles. The number of hydrogen-bond acceptors (Lipinski definition) is 3. The fraction of sp³-hybridized carbons (Fsp3) is 0.455. The number of nitrogens with one attached hydrogen (secondary N) is 2. The first-order valence-electron chi connectivity index (χ1n) is 5.18. The van der Waals surface area contributed by atoms with Crippen LogP contribution in [-0.2, 0) is 4.79 Å². The maximum atomic E-state index is 11.6. The molecule has 15 heavy (non-hydrogen) atoms. The summed E-state index contributed by atoms with van der Waals surface area (Å²) in [6.07, 6.45) is 3.48. The Bertz CT molecular complexity index is 335. The monoisotopic (exact) mass is 205 g/mol. The lowest BCUT2D eigenvalue weighted by atomic mass is 10.0. The predicted octanol–water partition coefficient (Wildman–Crippen LogP) is 0.478. The first kappa shape index (κ1) is 10.1. The van der Waals surface area contributed by atoms with Crippen LogP contribution in [0.2, 0.25) is 0 Å².